The predicted octanol–water partition coefficient (Wildman–Crippen LogP) is 1.33. The predicted molar refractivity (Wildman–Crippen MR) is 45.6 cm³/mol. The molecule has 0 aliphatic heterocycles. The van der Waals surface area contributed by atoms with Crippen LogP contribution in [-0.4, -0.2) is 14.2 Å². The van der Waals surface area contributed by atoms with Crippen molar-refractivity contribution in [2.75, 3.05) is 5.75 Å². The molecule has 1 aromatic heterocycles. The summed E-state index contributed by atoms with van der Waals surface area (Å²) in [7, 11) is -3.21. The maximum absolute atomic E-state index is 10.9. The maximum atomic E-state index is 10.9. The first-order chi connectivity index (χ1) is 5.14. The second kappa shape index (κ2) is 3.23. The van der Waals surface area contributed by atoms with E-state index in [0.29, 0.717) is 5.00 Å². The molecule has 11 heavy (non-hydrogen) atoms. The molecule has 1 rings (SSSR count). The Morgan fingerprint density at radius 1 is 1.64 bits per heavy atom. The van der Waals surface area contributed by atoms with Crippen molar-refractivity contribution in [1.29, 1.82) is 0 Å². The summed E-state index contributed by atoms with van der Waals surface area (Å²) >= 11 is 1.32. The van der Waals surface area contributed by atoms with Gasteiger partial charge in [0.05, 0.1) is 5.75 Å². The SMILES string of the molecule is CCS(=O)(=O)[N]c1cccs1. The van der Waals surface area contributed by atoms with Crippen LogP contribution in [-0.2, 0) is 10.0 Å². The minimum atomic E-state index is -3.21. The summed E-state index contributed by atoms with van der Waals surface area (Å²) < 4.78 is 25.4. The molecule has 0 fully saturated rings. The molecule has 0 bridgehead atoms. The lowest BCUT2D eigenvalue weighted by Crippen LogP contribution is -2.12. The third-order valence-corrected chi connectivity index (χ3v) is 3.18. The van der Waals surface area contributed by atoms with Crippen LogP contribution in [0.1, 0.15) is 6.92 Å². The lowest BCUT2D eigenvalue weighted by Gasteiger charge is -1.96. The number of sulfonamides is 1. The third-order valence-electron chi connectivity index (χ3n) is 1.10. The smallest absolute Gasteiger partial charge is 0.205 e. The van der Waals surface area contributed by atoms with Crippen molar-refractivity contribution in [1.82, 2.24) is 4.72 Å². The van der Waals surface area contributed by atoms with Gasteiger partial charge < -0.3 is 0 Å². The number of hydrogen-bond acceptors (Lipinski definition) is 3. The van der Waals surface area contributed by atoms with Gasteiger partial charge in [-0.1, -0.05) is 0 Å². The molecule has 0 saturated carbocycles. The average Bonchev–Trinajstić information content (AvgIpc) is 2.39. The van der Waals surface area contributed by atoms with Crippen molar-refractivity contribution >= 4 is 26.4 Å². The van der Waals surface area contributed by atoms with Gasteiger partial charge in [0.15, 0.2) is 0 Å². The molecule has 61 valence electrons. The lowest BCUT2D eigenvalue weighted by atomic mass is 10.6. The molecular weight excluding hydrogens is 182 g/mol. The summed E-state index contributed by atoms with van der Waals surface area (Å²) in [6, 6.07) is 3.45. The molecule has 1 radical (unpaired) electrons. The Morgan fingerprint density at radius 3 is 2.82 bits per heavy atom. The fraction of sp³-hybridized carbons (Fsp3) is 0.333. The normalized spacial score (nSPS) is 11.4. The molecule has 5 heteroatoms. The van der Waals surface area contributed by atoms with Crippen LogP contribution in [0.15, 0.2) is 17.5 Å². The van der Waals surface area contributed by atoms with E-state index in [1.54, 1.807) is 24.4 Å². The second-order valence-electron chi connectivity index (χ2n) is 1.91. The quantitative estimate of drug-likeness (QED) is 0.722. The van der Waals surface area contributed by atoms with Gasteiger partial charge in [-0.25, -0.2) is 8.42 Å². The first kappa shape index (κ1) is 8.55. The highest BCUT2D eigenvalue weighted by Crippen LogP contribution is 2.16. The van der Waals surface area contributed by atoms with E-state index in [2.05, 4.69) is 4.72 Å². The molecule has 3 nitrogen and oxygen atoms in total. The minimum Gasteiger partial charge on any atom is -0.205 e. The van der Waals surface area contributed by atoms with Crippen LogP contribution in [0.2, 0.25) is 0 Å². The second-order valence-corrected chi connectivity index (χ2v) is 4.76. The summed E-state index contributed by atoms with van der Waals surface area (Å²) in [5.41, 5.74) is 0. The fourth-order valence-electron chi connectivity index (χ4n) is 0.523. The molecule has 0 N–H and O–H groups in total. The monoisotopic (exact) mass is 190 g/mol. The molecule has 0 saturated heterocycles. The number of nitrogens with zero attached hydrogens (tertiary/aromatic N) is 1. The summed E-state index contributed by atoms with van der Waals surface area (Å²) in [6.45, 7) is 1.58. The standard InChI is InChI=1S/C6H8NO2S2/c1-2-11(8,9)7-6-4-3-5-10-6/h3-5H,2H2,1H3. The van der Waals surface area contributed by atoms with Crippen molar-refractivity contribution in [3.8, 4) is 0 Å². The van der Waals surface area contributed by atoms with Gasteiger partial charge in [-0.15, -0.1) is 11.3 Å². The summed E-state index contributed by atoms with van der Waals surface area (Å²) in [4.78, 5) is 0. The Labute approximate surface area is 70.1 Å². The van der Waals surface area contributed by atoms with E-state index in [1.165, 1.54) is 11.3 Å². The van der Waals surface area contributed by atoms with E-state index in [-0.39, 0.29) is 5.75 Å². The van der Waals surface area contributed by atoms with Gasteiger partial charge in [-0.05, 0) is 24.4 Å². The Bertz CT molecular complexity index is 301. The van der Waals surface area contributed by atoms with Crippen LogP contribution in [0, 0.1) is 0 Å². The van der Waals surface area contributed by atoms with Crippen LogP contribution >= 0.6 is 11.3 Å². The number of hydrogen-bond donors (Lipinski definition) is 0. The van der Waals surface area contributed by atoms with Gasteiger partial charge in [-0.3, -0.25) is 0 Å². The largest absolute Gasteiger partial charge is 0.254 e. The summed E-state index contributed by atoms with van der Waals surface area (Å²) in [5, 5.41) is 2.34. The molecule has 0 spiro atoms. The molecule has 0 unspecified atom stereocenters. The summed E-state index contributed by atoms with van der Waals surface area (Å²) in [5.74, 6) is 0.0604. The van der Waals surface area contributed by atoms with Gasteiger partial charge in [0.25, 0.3) is 10.0 Å². The first-order valence-electron chi connectivity index (χ1n) is 3.13. The highest BCUT2D eigenvalue weighted by Gasteiger charge is 2.08. The van der Waals surface area contributed by atoms with E-state index >= 15 is 0 Å². The molecule has 1 heterocycles. The summed E-state index contributed by atoms with van der Waals surface area (Å²) in [6.07, 6.45) is 0. The first-order valence-corrected chi connectivity index (χ1v) is 5.62. The number of thiophene rings is 1. The van der Waals surface area contributed by atoms with Crippen molar-refractivity contribution in [3.05, 3.63) is 17.5 Å². The van der Waals surface area contributed by atoms with Crippen LogP contribution in [0.3, 0.4) is 0 Å². The molecule has 0 aromatic carbocycles. The van der Waals surface area contributed by atoms with Gasteiger partial charge in [0.1, 0.15) is 5.00 Å². The van der Waals surface area contributed by atoms with Gasteiger partial charge in [0, 0.05) is 0 Å². The maximum Gasteiger partial charge on any atom is 0.254 e. The Balaban J connectivity index is 2.72. The highest BCUT2D eigenvalue weighted by molar-refractivity contribution is 7.89. The van der Waals surface area contributed by atoms with Crippen LogP contribution in [0.4, 0.5) is 5.00 Å². The molecule has 1 aromatic rings. The fourth-order valence-corrected chi connectivity index (χ4v) is 1.95. The van der Waals surface area contributed by atoms with E-state index in [1.807, 2.05) is 0 Å². The van der Waals surface area contributed by atoms with Gasteiger partial charge in [0.2, 0.25) is 0 Å². The molecule has 0 aliphatic carbocycles. The zero-order valence-corrected chi connectivity index (χ0v) is 7.65. The molecular formula is C6H8NO2S2. The highest BCUT2D eigenvalue weighted by atomic mass is 32.2. The van der Waals surface area contributed by atoms with Gasteiger partial charge in [-0.2, -0.15) is 4.72 Å². The third kappa shape index (κ3) is 2.51. The van der Waals surface area contributed by atoms with Crippen molar-refractivity contribution in [2.45, 2.75) is 6.92 Å². The topological polar surface area (TPSA) is 48.2 Å². The molecule has 0 aliphatic rings. The van der Waals surface area contributed by atoms with Crippen molar-refractivity contribution in [2.24, 2.45) is 0 Å². The lowest BCUT2D eigenvalue weighted by molar-refractivity contribution is 0.592. The van der Waals surface area contributed by atoms with E-state index < -0.39 is 10.0 Å². The molecule has 0 amide bonds. The Kier molecular flexibility index (Phi) is 2.51. The van der Waals surface area contributed by atoms with E-state index in [4.69, 9.17) is 0 Å². The average molecular weight is 190 g/mol. The Morgan fingerprint density at radius 2 is 2.36 bits per heavy atom. The van der Waals surface area contributed by atoms with Crippen LogP contribution < -0.4 is 4.72 Å². The minimum absolute atomic E-state index is 0.0604. The number of rotatable bonds is 3. The van der Waals surface area contributed by atoms with Crippen LogP contribution in [0.5, 0.6) is 0 Å². The van der Waals surface area contributed by atoms with Crippen molar-refractivity contribution < 1.29 is 8.42 Å². The van der Waals surface area contributed by atoms with E-state index in [9.17, 15) is 8.42 Å². The van der Waals surface area contributed by atoms with Crippen LogP contribution in [0.25, 0.3) is 0 Å². The van der Waals surface area contributed by atoms with E-state index in [0.717, 1.165) is 0 Å². The zero-order valence-electron chi connectivity index (χ0n) is 6.02. The molecule has 0 atom stereocenters. The zero-order chi connectivity index (χ0) is 8.32. The Hall–Kier alpha value is -0.550. The van der Waals surface area contributed by atoms with Crippen molar-refractivity contribution in [3.63, 3.8) is 0 Å². The van der Waals surface area contributed by atoms with Gasteiger partial charge >= 0.3 is 0 Å².